The van der Waals surface area contributed by atoms with Gasteiger partial charge in [0.1, 0.15) is 17.6 Å². The van der Waals surface area contributed by atoms with Gasteiger partial charge in [0.2, 0.25) is 0 Å². The highest BCUT2D eigenvalue weighted by molar-refractivity contribution is 6.29. The molecule has 20 heavy (non-hydrogen) atoms. The molecule has 110 valence electrons. The highest BCUT2D eigenvalue weighted by Gasteiger charge is 2.39. The smallest absolute Gasteiger partial charge is 0.158 e. The van der Waals surface area contributed by atoms with Crippen molar-refractivity contribution in [2.75, 3.05) is 18.5 Å². The zero-order valence-corrected chi connectivity index (χ0v) is 12.7. The van der Waals surface area contributed by atoms with Gasteiger partial charge < -0.3 is 10.1 Å². The van der Waals surface area contributed by atoms with Crippen molar-refractivity contribution in [2.24, 2.45) is 17.8 Å². The van der Waals surface area contributed by atoms with E-state index in [2.05, 4.69) is 15.3 Å². The predicted octanol–water partition coefficient (Wildman–Crippen LogP) is 3.51. The quantitative estimate of drug-likeness (QED) is 0.816. The maximum Gasteiger partial charge on any atom is 0.158 e. The summed E-state index contributed by atoms with van der Waals surface area (Å²) >= 11 is 6.04. The Balaban J connectivity index is 1.57. The summed E-state index contributed by atoms with van der Waals surface area (Å²) in [7, 11) is 0. The Kier molecular flexibility index (Phi) is 4.41. The van der Waals surface area contributed by atoms with Crippen molar-refractivity contribution in [3.8, 4) is 0 Å². The van der Waals surface area contributed by atoms with E-state index in [9.17, 15) is 0 Å². The van der Waals surface area contributed by atoms with Crippen LogP contribution in [-0.2, 0) is 11.3 Å². The maximum atomic E-state index is 6.04. The van der Waals surface area contributed by atoms with E-state index in [1.54, 1.807) is 6.07 Å². The molecule has 1 N–H and O–H groups in total. The van der Waals surface area contributed by atoms with Gasteiger partial charge in [0, 0.05) is 19.2 Å². The van der Waals surface area contributed by atoms with Crippen molar-refractivity contribution in [3.63, 3.8) is 0 Å². The topological polar surface area (TPSA) is 47.0 Å². The average molecular weight is 296 g/mol. The number of aromatic nitrogens is 2. The van der Waals surface area contributed by atoms with Crippen LogP contribution in [-0.4, -0.2) is 23.1 Å². The van der Waals surface area contributed by atoms with Crippen LogP contribution in [0.4, 0.5) is 5.82 Å². The van der Waals surface area contributed by atoms with Crippen LogP contribution in [0.15, 0.2) is 6.07 Å². The fraction of sp³-hybridized carbons (Fsp3) is 0.733. The third-order valence-electron chi connectivity index (χ3n) is 4.61. The third-order valence-corrected chi connectivity index (χ3v) is 4.80. The van der Waals surface area contributed by atoms with Crippen molar-refractivity contribution in [2.45, 2.75) is 39.2 Å². The van der Waals surface area contributed by atoms with E-state index in [-0.39, 0.29) is 0 Å². The van der Waals surface area contributed by atoms with Crippen LogP contribution >= 0.6 is 11.6 Å². The summed E-state index contributed by atoms with van der Waals surface area (Å²) in [6.45, 7) is 4.03. The van der Waals surface area contributed by atoms with Crippen LogP contribution in [0.5, 0.6) is 0 Å². The Morgan fingerprint density at radius 2 is 2.25 bits per heavy atom. The number of hydrogen-bond donors (Lipinski definition) is 1. The van der Waals surface area contributed by atoms with Gasteiger partial charge in [-0.25, -0.2) is 9.97 Å². The second kappa shape index (κ2) is 6.27. The minimum absolute atomic E-state index is 0.417. The molecule has 2 fully saturated rings. The Morgan fingerprint density at radius 3 is 2.95 bits per heavy atom. The Labute approximate surface area is 125 Å². The molecule has 3 unspecified atom stereocenters. The van der Waals surface area contributed by atoms with Gasteiger partial charge in [0.15, 0.2) is 5.82 Å². The monoisotopic (exact) mass is 295 g/mol. The average Bonchev–Trinajstić information content (AvgIpc) is 3.05. The van der Waals surface area contributed by atoms with Gasteiger partial charge >= 0.3 is 0 Å². The minimum Gasteiger partial charge on any atom is -0.374 e. The van der Waals surface area contributed by atoms with E-state index in [4.69, 9.17) is 16.3 Å². The standard InChI is InChI=1S/C15H22ClN3O/c1-2-20-9-15-18-13(16)7-14(19-15)17-8-12-6-10-3-4-11(12)5-10/h7,10-12H,2-6,8-9H2,1H3,(H,17,18,19). The van der Waals surface area contributed by atoms with E-state index in [1.807, 2.05) is 6.92 Å². The summed E-state index contributed by atoms with van der Waals surface area (Å²) in [5, 5.41) is 3.91. The van der Waals surface area contributed by atoms with Crippen molar-refractivity contribution >= 4 is 17.4 Å². The van der Waals surface area contributed by atoms with E-state index in [1.165, 1.54) is 25.7 Å². The molecule has 2 aliphatic rings. The van der Waals surface area contributed by atoms with Crippen LogP contribution in [0.3, 0.4) is 0 Å². The number of fused-ring (bicyclic) bond motifs is 2. The summed E-state index contributed by atoms with van der Waals surface area (Å²) < 4.78 is 5.34. The molecule has 3 rings (SSSR count). The highest BCUT2D eigenvalue weighted by atomic mass is 35.5. The predicted molar refractivity (Wildman–Crippen MR) is 79.8 cm³/mol. The zero-order valence-electron chi connectivity index (χ0n) is 11.9. The van der Waals surface area contributed by atoms with Gasteiger partial charge in [-0.2, -0.15) is 0 Å². The van der Waals surface area contributed by atoms with Gasteiger partial charge in [0.25, 0.3) is 0 Å². The number of nitrogens with one attached hydrogen (secondary N) is 1. The Morgan fingerprint density at radius 1 is 1.35 bits per heavy atom. The van der Waals surface area contributed by atoms with Crippen molar-refractivity contribution in [3.05, 3.63) is 17.0 Å². The van der Waals surface area contributed by atoms with Crippen LogP contribution in [0.1, 0.15) is 38.4 Å². The molecular formula is C15H22ClN3O. The number of rotatable bonds is 6. The second-order valence-corrected chi connectivity index (χ2v) is 6.33. The lowest BCUT2D eigenvalue weighted by molar-refractivity contribution is 0.128. The number of ether oxygens (including phenoxy) is 1. The first-order chi connectivity index (χ1) is 9.74. The lowest BCUT2D eigenvalue weighted by Crippen LogP contribution is -2.20. The lowest BCUT2D eigenvalue weighted by atomic mass is 9.89. The fourth-order valence-electron chi connectivity index (χ4n) is 3.68. The van der Waals surface area contributed by atoms with E-state index < -0.39 is 0 Å². The number of nitrogens with zero attached hydrogens (tertiary/aromatic N) is 2. The lowest BCUT2D eigenvalue weighted by Gasteiger charge is -2.22. The van der Waals surface area contributed by atoms with Crippen molar-refractivity contribution in [1.82, 2.24) is 9.97 Å². The third kappa shape index (κ3) is 3.23. The van der Waals surface area contributed by atoms with Crippen LogP contribution in [0.2, 0.25) is 5.15 Å². The summed E-state index contributed by atoms with van der Waals surface area (Å²) in [5.74, 6) is 4.18. The molecule has 0 aliphatic heterocycles. The second-order valence-electron chi connectivity index (χ2n) is 5.95. The highest BCUT2D eigenvalue weighted by Crippen LogP contribution is 2.48. The normalized spacial score (nSPS) is 28.0. The molecule has 3 atom stereocenters. The van der Waals surface area contributed by atoms with E-state index in [0.29, 0.717) is 24.2 Å². The molecular weight excluding hydrogens is 274 g/mol. The molecule has 2 saturated carbocycles. The molecule has 0 aromatic carbocycles. The molecule has 2 bridgehead atoms. The molecule has 2 aliphatic carbocycles. The van der Waals surface area contributed by atoms with Gasteiger partial charge in [-0.3, -0.25) is 0 Å². The van der Waals surface area contributed by atoms with Crippen LogP contribution in [0, 0.1) is 17.8 Å². The first-order valence-electron chi connectivity index (χ1n) is 7.59. The minimum atomic E-state index is 0.417. The summed E-state index contributed by atoms with van der Waals surface area (Å²) in [6.07, 6.45) is 5.67. The SMILES string of the molecule is CCOCc1nc(Cl)cc(NCC2CC3CCC2C3)n1. The molecule has 0 radical (unpaired) electrons. The fourth-order valence-corrected chi connectivity index (χ4v) is 3.88. The largest absolute Gasteiger partial charge is 0.374 e. The molecule has 0 amide bonds. The molecule has 4 nitrogen and oxygen atoms in total. The van der Waals surface area contributed by atoms with Crippen LogP contribution in [0.25, 0.3) is 0 Å². The molecule has 0 saturated heterocycles. The zero-order chi connectivity index (χ0) is 13.9. The molecule has 1 aromatic heterocycles. The Hall–Kier alpha value is -0.870. The molecule has 1 heterocycles. The number of hydrogen-bond acceptors (Lipinski definition) is 4. The number of anilines is 1. The maximum absolute atomic E-state index is 6.04. The first kappa shape index (κ1) is 14.1. The van der Waals surface area contributed by atoms with Crippen LogP contribution < -0.4 is 5.32 Å². The summed E-state index contributed by atoms with van der Waals surface area (Å²) in [5.41, 5.74) is 0. The summed E-state index contributed by atoms with van der Waals surface area (Å²) in [4.78, 5) is 8.64. The van der Waals surface area contributed by atoms with E-state index >= 15 is 0 Å². The summed E-state index contributed by atoms with van der Waals surface area (Å²) in [6, 6.07) is 1.80. The van der Waals surface area contributed by atoms with Gasteiger partial charge in [0.05, 0.1) is 0 Å². The van der Waals surface area contributed by atoms with Gasteiger partial charge in [-0.05, 0) is 43.9 Å². The van der Waals surface area contributed by atoms with Gasteiger partial charge in [-0.15, -0.1) is 0 Å². The van der Waals surface area contributed by atoms with E-state index in [0.717, 1.165) is 30.1 Å². The first-order valence-corrected chi connectivity index (χ1v) is 7.97. The van der Waals surface area contributed by atoms with Crippen molar-refractivity contribution in [1.29, 1.82) is 0 Å². The molecule has 1 aromatic rings. The Bertz CT molecular complexity index is 468. The molecule has 5 heteroatoms. The number of halogens is 1. The molecule has 0 spiro atoms. The van der Waals surface area contributed by atoms with Gasteiger partial charge in [-0.1, -0.05) is 18.0 Å². The van der Waals surface area contributed by atoms with Crippen molar-refractivity contribution < 1.29 is 4.74 Å².